The molecule has 94 valence electrons. The molecule has 1 aromatic carbocycles. The van der Waals surface area contributed by atoms with Gasteiger partial charge in [0.05, 0.1) is 5.52 Å². The van der Waals surface area contributed by atoms with Crippen molar-refractivity contribution in [3.05, 3.63) is 35.0 Å². The van der Waals surface area contributed by atoms with Gasteiger partial charge in [-0.2, -0.15) is 0 Å². The highest BCUT2D eigenvalue weighted by Gasteiger charge is 2.20. The molecule has 1 aromatic heterocycles. The van der Waals surface area contributed by atoms with Gasteiger partial charge >= 0.3 is 5.97 Å². The first kappa shape index (κ1) is 11.3. The summed E-state index contributed by atoms with van der Waals surface area (Å²) in [6, 6.07) is 5.04. The number of hydrogen-bond acceptors (Lipinski definition) is 2. The van der Waals surface area contributed by atoms with Crippen LogP contribution in [0.2, 0.25) is 0 Å². The van der Waals surface area contributed by atoms with Crippen LogP contribution < -0.4 is 5.73 Å². The Balaban J connectivity index is 2.25. The van der Waals surface area contributed by atoms with Crippen LogP contribution in [-0.2, 0) is 17.8 Å². The lowest BCUT2D eigenvalue weighted by atomic mass is 9.97. The maximum atomic E-state index is 11.0. The summed E-state index contributed by atoms with van der Waals surface area (Å²) in [5, 5.41) is 10.1. The lowest BCUT2D eigenvalue weighted by Crippen LogP contribution is -2.21. The van der Waals surface area contributed by atoms with E-state index in [1.807, 2.05) is 12.1 Å². The number of rotatable bonds is 2. The van der Waals surface area contributed by atoms with Crippen LogP contribution in [0.25, 0.3) is 10.9 Å². The summed E-state index contributed by atoms with van der Waals surface area (Å²) >= 11 is 0. The highest BCUT2D eigenvalue weighted by Crippen LogP contribution is 2.31. The first-order valence-corrected chi connectivity index (χ1v) is 6.19. The molecule has 18 heavy (non-hydrogen) atoms. The van der Waals surface area contributed by atoms with Crippen molar-refractivity contribution in [2.45, 2.75) is 32.4 Å². The van der Waals surface area contributed by atoms with E-state index in [1.165, 1.54) is 16.8 Å². The average molecular weight is 244 g/mol. The second-order valence-corrected chi connectivity index (χ2v) is 4.97. The van der Waals surface area contributed by atoms with E-state index in [1.54, 1.807) is 0 Å². The third kappa shape index (κ3) is 1.53. The predicted molar refractivity (Wildman–Crippen MR) is 69.6 cm³/mol. The molecule has 4 heteroatoms. The van der Waals surface area contributed by atoms with Gasteiger partial charge < -0.3 is 15.4 Å². The zero-order chi connectivity index (χ0) is 12.9. The molecule has 1 unspecified atom stereocenters. The summed E-state index contributed by atoms with van der Waals surface area (Å²) in [7, 11) is 0. The number of aromatic nitrogens is 1. The van der Waals surface area contributed by atoms with E-state index in [9.17, 15) is 4.79 Å². The van der Waals surface area contributed by atoms with Crippen molar-refractivity contribution in [2.24, 2.45) is 5.73 Å². The zero-order valence-electron chi connectivity index (χ0n) is 10.3. The van der Waals surface area contributed by atoms with Gasteiger partial charge in [-0.3, -0.25) is 4.79 Å². The quantitative estimate of drug-likeness (QED) is 0.848. The van der Waals surface area contributed by atoms with Gasteiger partial charge in [0, 0.05) is 17.6 Å². The summed E-state index contributed by atoms with van der Waals surface area (Å²) in [5.74, 6) is -0.978. The van der Waals surface area contributed by atoms with Crippen LogP contribution in [-0.4, -0.2) is 15.6 Å². The number of carboxylic acids is 1. The van der Waals surface area contributed by atoms with E-state index >= 15 is 0 Å². The van der Waals surface area contributed by atoms with Gasteiger partial charge in [0.15, 0.2) is 0 Å². The van der Waals surface area contributed by atoms with Crippen molar-refractivity contribution in [1.29, 1.82) is 0 Å². The molecule has 0 bridgehead atoms. The average Bonchev–Trinajstić information content (AvgIpc) is 2.67. The normalized spacial score (nSPS) is 15.9. The van der Waals surface area contributed by atoms with Gasteiger partial charge in [0.2, 0.25) is 0 Å². The second kappa shape index (κ2) is 3.85. The van der Waals surface area contributed by atoms with Crippen molar-refractivity contribution < 1.29 is 9.90 Å². The third-order valence-electron chi connectivity index (χ3n) is 3.75. The minimum absolute atomic E-state index is 0.698. The molecule has 0 spiro atoms. The fourth-order valence-corrected chi connectivity index (χ4v) is 2.89. The van der Waals surface area contributed by atoms with Crippen LogP contribution in [0.15, 0.2) is 18.2 Å². The number of carboxylic acid groups (broad SMARTS) is 1. The van der Waals surface area contributed by atoms with E-state index in [0.717, 1.165) is 24.8 Å². The maximum Gasteiger partial charge on any atom is 0.325 e. The van der Waals surface area contributed by atoms with Gasteiger partial charge in [-0.1, -0.05) is 6.07 Å². The number of carbonyl (C=O) groups is 1. The van der Waals surface area contributed by atoms with Gasteiger partial charge in [-0.05, 0) is 43.0 Å². The lowest BCUT2D eigenvalue weighted by Gasteiger charge is -2.19. The van der Waals surface area contributed by atoms with E-state index in [2.05, 4.69) is 17.6 Å². The van der Waals surface area contributed by atoms with Gasteiger partial charge in [-0.25, -0.2) is 0 Å². The minimum Gasteiger partial charge on any atom is -0.480 e. The topological polar surface area (TPSA) is 68.2 Å². The Bertz CT molecular complexity index is 643. The highest BCUT2D eigenvalue weighted by atomic mass is 16.4. The summed E-state index contributed by atoms with van der Waals surface area (Å²) in [6.45, 7) is 3.14. The molecule has 0 fully saturated rings. The molecule has 3 rings (SSSR count). The fraction of sp³-hybridized carbons (Fsp3) is 0.357. The van der Waals surface area contributed by atoms with Crippen LogP contribution in [0.5, 0.6) is 0 Å². The second-order valence-electron chi connectivity index (χ2n) is 4.97. The molecule has 0 radical (unpaired) electrons. The summed E-state index contributed by atoms with van der Waals surface area (Å²) in [6.07, 6.45) is 2.10. The summed E-state index contributed by atoms with van der Waals surface area (Å²) < 4.78 is 2.31. The summed E-state index contributed by atoms with van der Waals surface area (Å²) in [4.78, 5) is 11.0. The van der Waals surface area contributed by atoms with E-state index in [0.29, 0.717) is 5.56 Å². The first-order chi connectivity index (χ1) is 8.58. The van der Waals surface area contributed by atoms with E-state index in [4.69, 9.17) is 10.8 Å². The number of aliphatic carboxylic acids is 1. The Morgan fingerprint density at radius 3 is 2.94 bits per heavy atom. The number of benzene rings is 1. The van der Waals surface area contributed by atoms with Crippen molar-refractivity contribution in [2.75, 3.05) is 0 Å². The van der Waals surface area contributed by atoms with Crippen LogP contribution >= 0.6 is 0 Å². The largest absolute Gasteiger partial charge is 0.480 e. The number of nitrogens with zero attached hydrogens (tertiary/aromatic N) is 1. The molecule has 0 saturated carbocycles. The number of hydrogen-bond donors (Lipinski definition) is 2. The third-order valence-corrected chi connectivity index (χ3v) is 3.75. The predicted octanol–water partition coefficient (Wildman–Crippen LogP) is 1.98. The lowest BCUT2D eigenvalue weighted by molar-refractivity contribution is -0.138. The molecule has 0 amide bonds. The SMILES string of the molecule is Cc1cc2cc(C(N)C(=O)O)cc3c2n1CCC3. The summed E-state index contributed by atoms with van der Waals surface area (Å²) in [5.41, 5.74) is 10.1. The Labute approximate surface area is 105 Å². The Morgan fingerprint density at radius 1 is 1.44 bits per heavy atom. The zero-order valence-corrected chi connectivity index (χ0v) is 10.3. The van der Waals surface area contributed by atoms with Crippen LogP contribution in [0.1, 0.15) is 29.3 Å². The van der Waals surface area contributed by atoms with E-state index < -0.39 is 12.0 Å². The van der Waals surface area contributed by atoms with Crippen molar-refractivity contribution in [3.63, 3.8) is 0 Å². The van der Waals surface area contributed by atoms with Crippen LogP contribution in [0, 0.1) is 6.92 Å². The molecule has 2 aromatic rings. The van der Waals surface area contributed by atoms with E-state index in [-0.39, 0.29) is 0 Å². The molecule has 0 saturated heterocycles. The minimum atomic E-state index is -0.978. The molecule has 1 aliphatic heterocycles. The Morgan fingerprint density at radius 2 is 2.22 bits per heavy atom. The van der Waals surface area contributed by atoms with Crippen molar-refractivity contribution in [3.8, 4) is 0 Å². The first-order valence-electron chi connectivity index (χ1n) is 6.19. The van der Waals surface area contributed by atoms with Gasteiger partial charge in [0.1, 0.15) is 6.04 Å². The molecule has 4 nitrogen and oxygen atoms in total. The molecule has 2 heterocycles. The number of aryl methyl sites for hydroxylation is 3. The maximum absolute atomic E-state index is 11.0. The standard InChI is InChI=1S/C14H16N2O2/c1-8-5-11-7-10(12(15)14(17)18)6-9-3-2-4-16(8)13(9)11/h5-7,12H,2-4,15H2,1H3,(H,17,18). The molecule has 3 N–H and O–H groups in total. The Hall–Kier alpha value is -1.81. The fourth-order valence-electron chi connectivity index (χ4n) is 2.89. The van der Waals surface area contributed by atoms with Crippen molar-refractivity contribution >= 4 is 16.9 Å². The van der Waals surface area contributed by atoms with Crippen molar-refractivity contribution in [1.82, 2.24) is 4.57 Å². The highest BCUT2D eigenvalue weighted by molar-refractivity contribution is 5.87. The smallest absolute Gasteiger partial charge is 0.325 e. The molecular weight excluding hydrogens is 228 g/mol. The monoisotopic (exact) mass is 244 g/mol. The molecule has 1 atom stereocenters. The molecule has 1 aliphatic rings. The molecule has 0 aliphatic carbocycles. The van der Waals surface area contributed by atoms with Crippen LogP contribution in [0.3, 0.4) is 0 Å². The molecular formula is C14H16N2O2. The van der Waals surface area contributed by atoms with Gasteiger partial charge in [-0.15, -0.1) is 0 Å². The van der Waals surface area contributed by atoms with Gasteiger partial charge in [0.25, 0.3) is 0 Å². The van der Waals surface area contributed by atoms with Crippen LogP contribution in [0.4, 0.5) is 0 Å². The number of nitrogens with two attached hydrogens (primary N) is 1. The Kier molecular flexibility index (Phi) is 2.41.